The maximum atomic E-state index is 13.5. The lowest BCUT2D eigenvalue weighted by Crippen LogP contribution is -2.35. The molecule has 1 aromatic heterocycles. The van der Waals surface area contributed by atoms with Crippen molar-refractivity contribution in [1.82, 2.24) is 15.1 Å². The lowest BCUT2D eigenvalue weighted by molar-refractivity contribution is 0.225. The van der Waals surface area contributed by atoms with Crippen LogP contribution in [0.4, 0.5) is 15.0 Å². The molecule has 23 heavy (non-hydrogen) atoms. The molecule has 0 spiro atoms. The molecule has 0 aliphatic rings. The Balaban J connectivity index is 2.07. The van der Waals surface area contributed by atoms with Crippen molar-refractivity contribution in [2.75, 3.05) is 11.9 Å². The zero-order valence-electron chi connectivity index (χ0n) is 12.8. The maximum absolute atomic E-state index is 13.5. The van der Waals surface area contributed by atoms with Gasteiger partial charge in [0.1, 0.15) is 11.6 Å². The van der Waals surface area contributed by atoms with E-state index in [0.717, 1.165) is 0 Å². The summed E-state index contributed by atoms with van der Waals surface area (Å²) in [7, 11) is 0. The van der Waals surface area contributed by atoms with Crippen molar-refractivity contribution in [3.63, 3.8) is 0 Å². The van der Waals surface area contributed by atoms with Gasteiger partial charge in [0.05, 0.1) is 23.9 Å². The van der Waals surface area contributed by atoms with E-state index in [9.17, 15) is 14.3 Å². The number of aliphatic hydroxyl groups excluding tert-OH is 1. The van der Waals surface area contributed by atoms with E-state index in [-0.39, 0.29) is 17.7 Å². The van der Waals surface area contributed by atoms with Crippen molar-refractivity contribution in [2.45, 2.75) is 25.9 Å². The number of anilines is 1. The number of amides is 2. The molecule has 0 radical (unpaired) electrons. The minimum atomic E-state index is -0.753. The monoisotopic (exact) mass is 340 g/mol. The van der Waals surface area contributed by atoms with Crippen molar-refractivity contribution in [3.8, 4) is 0 Å². The maximum Gasteiger partial charge on any atom is 0.320 e. The third kappa shape index (κ3) is 4.20. The van der Waals surface area contributed by atoms with Crippen molar-refractivity contribution < 1.29 is 14.3 Å². The SMILES string of the molecule is CC(C)n1nccc1NC(=O)NC(CO)c1ccc(Cl)c(F)c1. The van der Waals surface area contributed by atoms with E-state index in [1.165, 1.54) is 12.1 Å². The van der Waals surface area contributed by atoms with Gasteiger partial charge >= 0.3 is 6.03 Å². The molecule has 1 aromatic carbocycles. The van der Waals surface area contributed by atoms with Crippen LogP contribution < -0.4 is 10.6 Å². The number of aliphatic hydroxyl groups is 1. The van der Waals surface area contributed by atoms with Crippen LogP contribution in [-0.4, -0.2) is 27.5 Å². The second-order valence-electron chi connectivity index (χ2n) is 5.26. The van der Waals surface area contributed by atoms with Crippen molar-refractivity contribution >= 4 is 23.4 Å². The molecule has 0 bridgehead atoms. The summed E-state index contributed by atoms with van der Waals surface area (Å²) in [6.07, 6.45) is 1.58. The fourth-order valence-electron chi connectivity index (χ4n) is 2.10. The average molecular weight is 341 g/mol. The Morgan fingerprint density at radius 3 is 2.78 bits per heavy atom. The van der Waals surface area contributed by atoms with Crippen LogP contribution in [0.15, 0.2) is 30.5 Å². The standard InChI is InChI=1S/C15H18ClFN4O2/c1-9(2)21-14(5-6-18-21)20-15(23)19-13(8-22)10-3-4-11(16)12(17)7-10/h3-7,9,13,22H,8H2,1-2H3,(H2,19,20,23). The van der Waals surface area contributed by atoms with E-state index in [4.69, 9.17) is 11.6 Å². The topological polar surface area (TPSA) is 79.2 Å². The van der Waals surface area contributed by atoms with Crippen LogP contribution in [0.3, 0.4) is 0 Å². The molecule has 2 amide bonds. The van der Waals surface area contributed by atoms with Crippen LogP contribution in [0.25, 0.3) is 0 Å². The highest BCUT2D eigenvalue weighted by molar-refractivity contribution is 6.30. The largest absolute Gasteiger partial charge is 0.394 e. The smallest absolute Gasteiger partial charge is 0.320 e. The third-order valence-corrected chi connectivity index (χ3v) is 3.54. The predicted octanol–water partition coefficient (Wildman–Crippen LogP) is 3.11. The van der Waals surface area contributed by atoms with Crippen molar-refractivity contribution in [3.05, 3.63) is 46.9 Å². The molecule has 0 fully saturated rings. The van der Waals surface area contributed by atoms with Gasteiger partial charge in [-0.3, -0.25) is 5.32 Å². The zero-order chi connectivity index (χ0) is 17.0. The summed E-state index contributed by atoms with van der Waals surface area (Å²) in [6.45, 7) is 3.49. The molecule has 0 aliphatic heterocycles. The molecule has 1 atom stereocenters. The summed E-state index contributed by atoms with van der Waals surface area (Å²) in [5.41, 5.74) is 0.418. The van der Waals surface area contributed by atoms with Crippen LogP contribution in [0, 0.1) is 5.82 Å². The Morgan fingerprint density at radius 1 is 1.43 bits per heavy atom. The number of hydrogen-bond donors (Lipinski definition) is 3. The fraction of sp³-hybridized carbons (Fsp3) is 0.333. The Bertz CT molecular complexity index is 690. The van der Waals surface area contributed by atoms with Crippen LogP contribution in [0.5, 0.6) is 0 Å². The van der Waals surface area contributed by atoms with Crippen molar-refractivity contribution in [2.24, 2.45) is 0 Å². The number of rotatable bonds is 5. The first kappa shape index (κ1) is 17.2. The highest BCUT2D eigenvalue weighted by atomic mass is 35.5. The lowest BCUT2D eigenvalue weighted by atomic mass is 10.1. The van der Waals surface area contributed by atoms with Gasteiger partial charge in [0.15, 0.2) is 0 Å². The van der Waals surface area contributed by atoms with E-state index in [1.807, 2.05) is 13.8 Å². The molecule has 2 rings (SSSR count). The summed E-state index contributed by atoms with van der Waals surface area (Å²) < 4.78 is 15.2. The number of hydrogen-bond acceptors (Lipinski definition) is 3. The Labute approximate surface area is 138 Å². The number of carbonyl (C=O) groups is 1. The number of carbonyl (C=O) groups excluding carboxylic acids is 1. The molecule has 0 saturated heterocycles. The van der Waals surface area contributed by atoms with Gasteiger partial charge in [-0.25, -0.2) is 13.9 Å². The second kappa shape index (κ2) is 7.43. The summed E-state index contributed by atoms with van der Waals surface area (Å²) >= 11 is 5.63. The number of nitrogens with zero attached hydrogens (tertiary/aromatic N) is 2. The van der Waals surface area contributed by atoms with E-state index in [1.54, 1.807) is 23.0 Å². The average Bonchev–Trinajstić information content (AvgIpc) is 2.96. The zero-order valence-corrected chi connectivity index (χ0v) is 13.5. The number of urea groups is 1. The summed E-state index contributed by atoms with van der Waals surface area (Å²) in [5.74, 6) is -0.0841. The van der Waals surface area contributed by atoms with Gasteiger partial charge in [-0.15, -0.1) is 0 Å². The molecular formula is C15H18ClFN4O2. The van der Waals surface area contributed by atoms with Crippen LogP contribution in [0.1, 0.15) is 31.5 Å². The first-order valence-electron chi connectivity index (χ1n) is 7.09. The minimum absolute atomic E-state index is 0.0178. The molecular weight excluding hydrogens is 323 g/mol. The van der Waals surface area contributed by atoms with Gasteiger partial charge in [0, 0.05) is 12.1 Å². The Kier molecular flexibility index (Phi) is 5.57. The lowest BCUT2D eigenvalue weighted by Gasteiger charge is -2.18. The van der Waals surface area contributed by atoms with E-state index >= 15 is 0 Å². The van der Waals surface area contributed by atoms with Crippen LogP contribution in [0.2, 0.25) is 5.02 Å². The summed E-state index contributed by atoms with van der Waals surface area (Å²) in [5, 5.41) is 18.8. The molecule has 8 heteroatoms. The summed E-state index contributed by atoms with van der Waals surface area (Å²) in [4.78, 5) is 12.1. The van der Waals surface area contributed by atoms with Crippen molar-refractivity contribution in [1.29, 1.82) is 0 Å². The minimum Gasteiger partial charge on any atom is -0.394 e. The second-order valence-corrected chi connectivity index (χ2v) is 5.67. The third-order valence-electron chi connectivity index (χ3n) is 3.23. The predicted molar refractivity (Wildman–Crippen MR) is 86.0 cm³/mol. The van der Waals surface area contributed by atoms with E-state index in [0.29, 0.717) is 11.4 Å². The summed E-state index contributed by atoms with van der Waals surface area (Å²) in [6, 6.07) is 4.57. The molecule has 1 unspecified atom stereocenters. The number of halogens is 2. The quantitative estimate of drug-likeness (QED) is 0.782. The number of benzene rings is 1. The Morgan fingerprint density at radius 2 is 2.17 bits per heavy atom. The molecule has 0 saturated carbocycles. The molecule has 1 heterocycles. The van der Waals surface area contributed by atoms with Gasteiger partial charge < -0.3 is 10.4 Å². The Hall–Kier alpha value is -2.12. The molecule has 3 N–H and O–H groups in total. The molecule has 2 aromatic rings. The molecule has 124 valence electrons. The number of nitrogens with one attached hydrogen (secondary N) is 2. The van der Waals surface area contributed by atoms with E-state index < -0.39 is 17.9 Å². The normalized spacial score (nSPS) is 12.3. The molecule has 0 aliphatic carbocycles. The van der Waals surface area contributed by atoms with Crippen LogP contribution >= 0.6 is 11.6 Å². The van der Waals surface area contributed by atoms with Gasteiger partial charge in [-0.05, 0) is 31.5 Å². The van der Waals surface area contributed by atoms with Gasteiger partial charge in [-0.2, -0.15) is 5.10 Å². The van der Waals surface area contributed by atoms with Crippen LogP contribution in [-0.2, 0) is 0 Å². The fourth-order valence-corrected chi connectivity index (χ4v) is 2.22. The first-order chi connectivity index (χ1) is 10.9. The highest BCUT2D eigenvalue weighted by Gasteiger charge is 2.16. The highest BCUT2D eigenvalue weighted by Crippen LogP contribution is 2.20. The molecule has 6 nitrogen and oxygen atoms in total. The van der Waals surface area contributed by atoms with E-state index in [2.05, 4.69) is 15.7 Å². The number of aromatic nitrogens is 2. The van der Waals surface area contributed by atoms with Gasteiger partial charge in [0.25, 0.3) is 0 Å². The van der Waals surface area contributed by atoms with Gasteiger partial charge in [0.2, 0.25) is 0 Å². The van der Waals surface area contributed by atoms with Gasteiger partial charge in [-0.1, -0.05) is 17.7 Å². The first-order valence-corrected chi connectivity index (χ1v) is 7.47.